The van der Waals surface area contributed by atoms with Gasteiger partial charge in [-0.25, -0.2) is 4.79 Å². The molecule has 1 aromatic rings. The predicted octanol–water partition coefficient (Wildman–Crippen LogP) is 0.280. The van der Waals surface area contributed by atoms with Gasteiger partial charge >= 0.3 is 6.03 Å². The summed E-state index contributed by atoms with van der Waals surface area (Å²) in [6.45, 7) is 0.669. The van der Waals surface area contributed by atoms with Gasteiger partial charge in [0.2, 0.25) is 5.91 Å². The van der Waals surface area contributed by atoms with Crippen molar-refractivity contribution in [2.75, 3.05) is 25.0 Å². The lowest BCUT2D eigenvalue weighted by Gasteiger charge is -2.30. The second-order valence-corrected chi connectivity index (χ2v) is 5.40. The first-order valence-corrected chi connectivity index (χ1v) is 7.32. The highest BCUT2D eigenvalue weighted by Gasteiger charge is 2.27. The number of carbonyl (C=O) groups excluding carboxylic acids is 3. The van der Waals surface area contributed by atoms with E-state index in [0.717, 1.165) is 6.42 Å². The lowest BCUT2D eigenvalue weighted by atomic mass is 9.97. The van der Waals surface area contributed by atoms with Crippen molar-refractivity contribution >= 4 is 23.5 Å². The number of nitrogens with one attached hydrogen (secondary N) is 1. The molecular formula is C15H20N4O4. The van der Waals surface area contributed by atoms with Gasteiger partial charge in [0, 0.05) is 24.8 Å². The summed E-state index contributed by atoms with van der Waals surface area (Å²) in [5, 5.41) is 2.79. The molecule has 1 aliphatic heterocycles. The monoisotopic (exact) mass is 320 g/mol. The number of benzene rings is 1. The van der Waals surface area contributed by atoms with E-state index < -0.39 is 11.9 Å². The second-order valence-electron chi connectivity index (χ2n) is 5.40. The zero-order valence-electron chi connectivity index (χ0n) is 12.7. The molecule has 1 saturated heterocycles. The number of rotatable bonds is 5. The molecule has 2 rings (SSSR count). The molecule has 1 heterocycles. The predicted molar refractivity (Wildman–Crippen MR) is 83.6 cm³/mol. The van der Waals surface area contributed by atoms with Gasteiger partial charge in [0.05, 0.1) is 5.92 Å². The Morgan fingerprint density at radius 2 is 2.09 bits per heavy atom. The van der Waals surface area contributed by atoms with Crippen molar-refractivity contribution in [1.29, 1.82) is 0 Å². The van der Waals surface area contributed by atoms with Gasteiger partial charge in [-0.1, -0.05) is 6.07 Å². The van der Waals surface area contributed by atoms with Crippen molar-refractivity contribution in [1.82, 2.24) is 4.90 Å². The van der Waals surface area contributed by atoms with Crippen LogP contribution in [0.2, 0.25) is 0 Å². The number of primary amides is 2. The molecule has 1 fully saturated rings. The maximum atomic E-state index is 12.3. The highest BCUT2D eigenvalue weighted by molar-refractivity contribution is 5.93. The minimum absolute atomic E-state index is 0.178. The lowest BCUT2D eigenvalue weighted by molar-refractivity contribution is -0.121. The first-order chi connectivity index (χ1) is 11.0. The molecule has 1 atom stereocenters. The Morgan fingerprint density at radius 3 is 2.78 bits per heavy atom. The summed E-state index contributed by atoms with van der Waals surface area (Å²) >= 11 is 0. The van der Waals surface area contributed by atoms with Gasteiger partial charge in [-0.15, -0.1) is 0 Å². The van der Waals surface area contributed by atoms with Crippen molar-refractivity contribution in [3.8, 4) is 5.75 Å². The Labute approximate surface area is 133 Å². The minimum Gasteiger partial charge on any atom is -0.484 e. The van der Waals surface area contributed by atoms with Gasteiger partial charge in [-0.05, 0) is 25.0 Å². The number of anilines is 1. The molecular weight excluding hydrogens is 300 g/mol. The summed E-state index contributed by atoms with van der Waals surface area (Å²) in [6, 6.07) is 6.17. The maximum Gasteiger partial charge on any atom is 0.314 e. The fourth-order valence-electron chi connectivity index (χ4n) is 2.45. The van der Waals surface area contributed by atoms with E-state index in [9.17, 15) is 14.4 Å². The summed E-state index contributed by atoms with van der Waals surface area (Å²) in [5.74, 6) is -0.619. The van der Waals surface area contributed by atoms with E-state index in [-0.39, 0.29) is 18.4 Å². The van der Waals surface area contributed by atoms with E-state index in [2.05, 4.69) is 5.32 Å². The Kier molecular flexibility index (Phi) is 5.40. The van der Waals surface area contributed by atoms with Crippen molar-refractivity contribution in [2.24, 2.45) is 17.4 Å². The number of nitrogens with zero attached hydrogens (tertiary/aromatic N) is 1. The van der Waals surface area contributed by atoms with Crippen LogP contribution in [0.5, 0.6) is 5.75 Å². The van der Waals surface area contributed by atoms with Crippen molar-refractivity contribution in [2.45, 2.75) is 12.8 Å². The van der Waals surface area contributed by atoms with Crippen LogP contribution < -0.4 is 21.5 Å². The van der Waals surface area contributed by atoms with Crippen molar-refractivity contribution in [3.05, 3.63) is 24.3 Å². The average Bonchev–Trinajstić information content (AvgIpc) is 2.53. The summed E-state index contributed by atoms with van der Waals surface area (Å²) in [5.41, 5.74) is 10.8. The number of urea groups is 1. The number of amides is 4. The standard InChI is InChI=1S/C15H20N4O4/c16-13(20)9-23-12-5-1-4-11(7-12)18-14(21)10-3-2-6-19(8-10)15(17)22/h1,4-5,7,10H,2-3,6,8-9H2,(H2,16,20)(H2,17,22)(H,18,21). The fourth-order valence-corrected chi connectivity index (χ4v) is 2.45. The molecule has 0 aromatic heterocycles. The molecule has 4 amide bonds. The topological polar surface area (TPSA) is 128 Å². The van der Waals surface area contributed by atoms with Crippen LogP contribution in [-0.4, -0.2) is 42.4 Å². The zero-order chi connectivity index (χ0) is 16.8. The highest BCUT2D eigenvalue weighted by Crippen LogP contribution is 2.21. The van der Waals surface area contributed by atoms with E-state index in [1.807, 2.05) is 0 Å². The summed E-state index contributed by atoms with van der Waals surface area (Å²) in [4.78, 5) is 35.7. The van der Waals surface area contributed by atoms with Gasteiger partial charge in [0.1, 0.15) is 5.75 Å². The van der Waals surface area contributed by atoms with E-state index in [4.69, 9.17) is 16.2 Å². The number of hydrogen-bond donors (Lipinski definition) is 3. The van der Waals surface area contributed by atoms with E-state index >= 15 is 0 Å². The third-order valence-electron chi connectivity index (χ3n) is 3.59. The molecule has 1 aliphatic rings. The molecule has 0 aliphatic carbocycles. The molecule has 8 nitrogen and oxygen atoms in total. The van der Waals surface area contributed by atoms with Crippen LogP contribution in [0.3, 0.4) is 0 Å². The Morgan fingerprint density at radius 1 is 1.30 bits per heavy atom. The van der Waals surface area contributed by atoms with Gasteiger partial charge < -0.3 is 26.4 Å². The highest BCUT2D eigenvalue weighted by atomic mass is 16.5. The third kappa shape index (κ3) is 4.87. The Bertz CT molecular complexity index is 605. The van der Waals surface area contributed by atoms with Gasteiger partial charge in [-0.2, -0.15) is 0 Å². The molecule has 1 unspecified atom stereocenters. The molecule has 1 aromatic carbocycles. The Hall–Kier alpha value is -2.77. The molecule has 0 bridgehead atoms. The first kappa shape index (κ1) is 16.6. The molecule has 0 saturated carbocycles. The van der Waals surface area contributed by atoms with Crippen LogP contribution in [-0.2, 0) is 9.59 Å². The van der Waals surface area contributed by atoms with Crippen LogP contribution in [0.4, 0.5) is 10.5 Å². The summed E-state index contributed by atoms with van der Waals surface area (Å²) < 4.78 is 5.19. The fraction of sp³-hybridized carbons (Fsp3) is 0.400. The maximum absolute atomic E-state index is 12.3. The number of likely N-dealkylation sites (tertiary alicyclic amines) is 1. The molecule has 23 heavy (non-hydrogen) atoms. The molecule has 124 valence electrons. The third-order valence-corrected chi connectivity index (χ3v) is 3.59. The van der Waals surface area contributed by atoms with Crippen LogP contribution in [0.1, 0.15) is 12.8 Å². The average molecular weight is 320 g/mol. The molecule has 0 spiro atoms. The summed E-state index contributed by atoms with van der Waals surface area (Å²) in [7, 11) is 0. The normalized spacial score (nSPS) is 17.4. The smallest absolute Gasteiger partial charge is 0.314 e. The van der Waals surface area contributed by atoms with E-state index in [0.29, 0.717) is 30.9 Å². The number of carbonyl (C=O) groups is 3. The molecule has 0 radical (unpaired) electrons. The van der Waals surface area contributed by atoms with Gasteiger partial charge in [-0.3, -0.25) is 9.59 Å². The van der Waals surface area contributed by atoms with Gasteiger partial charge in [0.15, 0.2) is 6.61 Å². The number of nitrogens with two attached hydrogens (primary N) is 2. The largest absolute Gasteiger partial charge is 0.484 e. The lowest BCUT2D eigenvalue weighted by Crippen LogP contribution is -2.46. The van der Waals surface area contributed by atoms with Crippen LogP contribution >= 0.6 is 0 Å². The van der Waals surface area contributed by atoms with Crippen LogP contribution in [0, 0.1) is 5.92 Å². The Balaban J connectivity index is 1.95. The first-order valence-electron chi connectivity index (χ1n) is 7.32. The van der Waals surface area contributed by atoms with Crippen molar-refractivity contribution in [3.63, 3.8) is 0 Å². The summed E-state index contributed by atoms with van der Waals surface area (Å²) in [6.07, 6.45) is 1.44. The van der Waals surface area contributed by atoms with Gasteiger partial charge in [0.25, 0.3) is 5.91 Å². The van der Waals surface area contributed by atoms with Crippen molar-refractivity contribution < 1.29 is 19.1 Å². The quantitative estimate of drug-likeness (QED) is 0.719. The second kappa shape index (κ2) is 7.48. The van der Waals surface area contributed by atoms with E-state index in [1.54, 1.807) is 24.3 Å². The van der Waals surface area contributed by atoms with E-state index in [1.165, 1.54) is 4.90 Å². The zero-order valence-corrected chi connectivity index (χ0v) is 12.7. The van der Waals surface area contributed by atoms with Crippen LogP contribution in [0.15, 0.2) is 24.3 Å². The molecule has 8 heteroatoms. The van der Waals surface area contributed by atoms with Crippen LogP contribution in [0.25, 0.3) is 0 Å². The number of hydrogen-bond acceptors (Lipinski definition) is 4. The SMILES string of the molecule is NC(=O)COc1cccc(NC(=O)C2CCCN(C(N)=O)C2)c1. The molecule has 5 N–H and O–H groups in total. The number of piperidine rings is 1. The number of ether oxygens (including phenoxy) is 1. The minimum atomic E-state index is -0.576.